The number of cyclic esters (lactones) is 1. The Kier molecular flexibility index (Phi) is 8.46. The van der Waals surface area contributed by atoms with Crippen molar-refractivity contribution < 1.29 is 9.53 Å². The lowest BCUT2D eigenvalue weighted by Crippen LogP contribution is -2.40. The topological polar surface area (TPSA) is 36.0 Å². The van der Waals surface area contributed by atoms with E-state index in [-0.39, 0.29) is 17.9 Å². The van der Waals surface area contributed by atoms with E-state index in [2.05, 4.69) is 141 Å². The van der Waals surface area contributed by atoms with E-state index in [1.54, 1.807) is 0 Å². The maximum Gasteiger partial charge on any atom is 0.339 e. The van der Waals surface area contributed by atoms with Gasteiger partial charge in [-0.15, -0.1) is 0 Å². The maximum absolute atomic E-state index is 13.7. The molecule has 2 heterocycles. The van der Waals surface area contributed by atoms with Crippen LogP contribution in [0.1, 0.15) is 73.1 Å². The minimum atomic E-state index is -1.00. The standard InChI is InChI=1S/C40H45N3O2/c1-7-42(8-2)31-23-19-29(20-24-31)35(30-21-25-32(26-22-30)43(9-3)10-4)27-40(36-17-13-11-15-33(36)39(44)45-40)38-28(5)41(6)37-18-14-12-16-34(37)38/h11-28,38H,7-10H2,1-6H3. The molecule has 232 valence electrons. The Morgan fingerprint density at radius 3 is 1.82 bits per heavy atom. The van der Waals surface area contributed by atoms with Crippen molar-refractivity contribution in [3.63, 3.8) is 0 Å². The number of rotatable bonds is 10. The van der Waals surface area contributed by atoms with Gasteiger partial charge in [0.15, 0.2) is 5.60 Å². The van der Waals surface area contributed by atoms with Gasteiger partial charge in [-0.1, -0.05) is 60.7 Å². The number of likely N-dealkylation sites (N-methyl/N-ethyl adjacent to an activating group) is 1. The highest BCUT2D eigenvalue weighted by Gasteiger charge is 2.55. The van der Waals surface area contributed by atoms with Gasteiger partial charge in [-0.05, 0) is 99.4 Å². The Hall–Kier alpha value is -4.51. The third kappa shape index (κ3) is 5.18. The van der Waals surface area contributed by atoms with Crippen LogP contribution in [0.15, 0.2) is 103 Å². The lowest BCUT2D eigenvalue weighted by molar-refractivity contribution is 0.000649. The zero-order valence-electron chi connectivity index (χ0n) is 27.5. The second kappa shape index (κ2) is 12.5. The normalized spacial score (nSPS) is 20.0. The quantitative estimate of drug-likeness (QED) is 0.171. The highest BCUT2D eigenvalue weighted by atomic mass is 16.6. The monoisotopic (exact) mass is 599 g/mol. The number of benzene rings is 4. The predicted octanol–water partition coefficient (Wildman–Crippen LogP) is 8.50. The van der Waals surface area contributed by atoms with E-state index >= 15 is 0 Å². The van der Waals surface area contributed by atoms with Crippen LogP contribution in [-0.2, 0) is 10.3 Å². The summed E-state index contributed by atoms with van der Waals surface area (Å²) in [5.41, 5.74) is 8.57. The van der Waals surface area contributed by atoms with E-state index in [4.69, 9.17) is 4.74 Å². The van der Waals surface area contributed by atoms with Gasteiger partial charge >= 0.3 is 5.97 Å². The van der Waals surface area contributed by atoms with Gasteiger partial charge in [-0.25, -0.2) is 4.79 Å². The average Bonchev–Trinajstić information content (AvgIpc) is 3.51. The molecule has 2 aliphatic rings. The number of anilines is 3. The first-order chi connectivity index (χ1) is 21.9. The first-order valence-corrected chi connectivity index (χ1v) is 16.4. The molecular weight excluding hydrogens is 554 g/mol. The van der Waals surface area contributed by atoms with Crippen LogP contribution in [0.4, 0.5) is 17.1 Å². The number of carbonyl (C=O) groups is 1. The zero-order valence-corrected chi connectivity index (χ0v) is 27.5. The van der Waals surface area contributed by atoms with E-state index in [1.165, 1.54) is 22.6 Å². The molecule has 0 aliphatic carbocycles. The molecule has 0 N–H and O–H groups in total. The summed E-state index contributed by atoms with van der Waals surface area (Å²) in [6.07, 6.45) is 2.26. The Morgan fingerprint density at radius 2 is 1.27 bits per heavy atom. The summed E-state index contributed by atoms with van der Waals surface area (Å²) in [4.78, 5) is 20.7. The molecule has 4 aromatic carbocycles. The van der Waals surface area contributed by atoms with Crippen LogP contribution in [0, 0.1) is 0 Å². The number of para-hydroxylation sites is 1. The highest BCUT2D eigenvalue weighted by Crippen LogP contribution is 2.56. The molecule has 0 spiro atoms. The van der Waals surface area contributed by atoms with Crippen molar-refractivity contribution in [3.8, 4) is 0 Å². The van der Waals surface area contributed by atoms with Crippen molar-refractivity contribution in [1.82, 2.24) is 0 Å². The molecule has 0 saturated carbocycles. The molecule has 0 saturated heterocycles. The summed E-state index contributed by atoms with van der Waals surface area (Å²) < 4.78 is 6.69. The number of ether oxygens (including phenoxy) is 1. The van der Waals surface area contributed by atoms with Gasteiger partial charge in [-0.3, -0.25) is 0 Å². The Morgan fingerprint density at radius 1 is 0.756 bits per heavy atom. The van der Waals surface area contributed by atoms with Crippen LogP contribution >= 0.6 is 0 Å². The second-order valence-electron chi connectivity index (χ2n) is 12.1. The molecule has 2 aliphatic heterocycles. The second-order valence-corrected chi connectivity index (χ2v) is 12.1. The first-order valence-electron chi connectivity index (χ1n) is 16.4. The SMILES string of the molecule is CCN(CC)c1ccc(C(=CC2(C3c4ccccc4N(C)C3C)OC(=O)c3ccccc32)c2ccc(N(CC)CC)cc2)cc1. The fraction of sp³-hybridized carbons (Fsp3) is 0.325. The smallest absolute Gasteiger partial charge is 0.339 e. The van der Waals surface area contributed by atoms with Crippen LogP contribution in [0.5, 0.6) is 0 Å². The molecule has 3 atom stereocenters. The van der Waals surface area contributed by atoms with Gasteiger partial charge in [0, 0.05) is 61.9 Å². The minimum absolute atomic E-state index is 0.0916. The first kappa shape index (κ1) is 30.5. The van der Waals surface area contributed by atoms with Crippen LogP contribution < -0.4 is 14.7 Å². The summed E-state index contributed by atoms with van der Waals surface area (Å²) in [5.74, 6) is -0.375. The van der Waals surface area contributed by atoms with Crippen LogP contribution in [0.25, 0.3) is 5.57 Å². The fourth-order valence-electron chi connectivity index (χ4n) is 7.49. The molecule has 0 fully saturated rings. The summed E-state index contributed by atoms with van der Waals surface area (Å²) >= 11 is 0. The summed E-state index contributed by atoms with van der Waals surface area (Å²) in [6, 6.07) is 34.3. The summed E-state index contributed by atoms with van der Waals surface area (Å²) in [6.45, 7) is 14.8. The van der Waals surface area contributed by atoms with E-state index in [0.29, 0.717) is 5.56 Å². The summed E-state index contributed by atoms with van der Waals surface area (Å²) in [7, 11) is 2.14. The molecule has 4 aromatic rings. The molecule has 0 amide bonds. The van der Waals surface area contributed by atoms with Crippen molar-refractivity contribution in [2.45, 2.75) is 52.2 Å². The molecule has 0 radical (unpaired) electrons. The maximum atomic E-state index is 13.7. The molecule has 3 unspecified atom stereocenters. The zero-order chi connectivity index (χ0) is 31.7. The van der Waals surface area contributed by atoms with Crippen molar-refractivity contribution in [1.29, 1.82) is 0 Å². The Labute approximate surface area is 268 Å². The molecule has 5 heteroatoms. The fourth-order valence-corrected chi connectivity index (χ4v) is 7.49. The van der Waals surface area contributed by atoms with Crippen molar-refractivity contribution in [2.24, 2.45) is 0 Å². The summed E-state index contributed by atoms with van der Waals surface area (Å²) in [5, 5.41) is 0. The number of esters is 1. The molecule has 0 bridgehead atoms. The predicted molar refractivity (Wildman–Crippen MR) is 188 cm³/mol. The molecule has 6 rings (SSSR count). The van der Waals surface area contributed by atoms with Crippen LogP contribution in [-0.4, -0.2) is 45.2 Å². The largest absolute Gasteiger partial charge is 0.445 e. The Bertz CT molecular complexity index is 1630. The van der Waals surface area contributed by atoms with Gasteiger partial charge in [0.2, 0.25) is 0 Å². The molecule has 5 nitrogen and oxygen atoms in total. The number of carbonyl (C=O) groups excluding carboxylic acids is 1. The number of fused-ring (bicyclic) bond motifs is 2. The number of hydrogen-bond acceptors (Lipinski definition) is 5. The number of hydrogen-bond donors (Lipinski definition) is 0. The minimum Gasteiger partial charge on any atom is -0.445 e. The van der Waals surface area contributed by atoms with Crippen molar-refractivity contribution >= 4 is 28.6 Å². The average molecular weight is 600 g/mol. The van der Waals surface area contributed by atoms with E-state index in [0.717, 1.165) is 48.4 Å². The molecule has 45 heavy (non-hydrogen) atoms. The van der Waals surface area contributed by atoms with Crippen molar-refractivity contribution in [3.05, 3.63) is 131 Å². The van der Waals surface area contributed by atoms with Crippen LogP contribution in [0.3, 0.4) is 0 Å². The van der Waals surface area contributed by atoms with Gasteiger partial charge in [0.05, 0.1) is 11.5 Å². The van der Waals surface area contributed by atoms with Crippen LogP contribution in [0.2, 0.25) is 0 Å². The van der Waals surface area contributed by atoms with E-state index in [1.807, 2.05) is 18.2 Å². The lowest BCUT2D eigenvalue weighted by Gasteiger charge is -2.37. The molecular formula is C40H45N3O2. The molecule has 0 aromatic heterocycles. The Balaban J connectivity index is 1.60. The number of nitrogens with zero attached hydrogens (tertiary/aromatic N) is 3. The third-order valence-electron chi connectivity index (χ3n) is 10.0. The third-order valence-corrected chi connectivity index (χ3v) is 10.0. The van der Waals surface area contributed by atoms with E-state index < -0.39 is 5.60 Å². The van der Waals surface area contributed by atoms with E-state index in [9.17, 15) is 4.79 Å². The lowest BCUT2D eigenvalue weighted by atomic mass is 9.73. The van der Waals surface area contributed by atoms with Gasteiger partial charge in [0.25, 0.3) is 0 Å². The van der Waals surface area contributed by atoms with Crippen molar-refractivity contribution in [2.75, 3.05) is 47.9 Å². The van der Waals surface area contributed by atoms with Gasteiger partial charge in [-0.2, -0.15) is 0 Å². The highest BCUT2D eigenvalue weighted by molar-refractivity contribution is 5.96. The van der Waals surface area contributed by atoms with Gasteiger partial charge in [0.1, 0.15) is 0 Å². The van der Waals surface area contributed by atoms with Gasteiger partial charge < -0.3 is 19.4 Å².